The predicted molar refractivity (Wildman–Crippen MR) is 79.1 cm³/mol. The number of nitrogens with one attached hydrogen (secondary N) is 1. The summed E-state index contributed by atoms with van der Waals surface area (Å²) in [7, 11) is 0. The van der Waals surface area contributed by atoms with Crippen molar-refractivity contribution in [2.75, 3.05) is 0 Å². The van der Waals surface area contributed by atoms with E-state index < -0.39 is 0 Å². The van der Waals surface area contributed by atoms with E-state index in [0.29, 0.717) is 10.7 Å². The minimum Gasteiger partial charge on any atom is -0.272 e. The van der Waals surface area contributed by atoms with Crippen molar-refractivity contribution in [2.24, 2.45) is 10.8 Å². The number of nitrogens with zero attached hydrogens (tertiary/aromatic N) is 2. The zero-order chi connectivity index (χ0) is 13.8. The number of hydrogen-bond acceptors (Lipinski definition) is 2. The van der Waals surface area contributed by atoms with Crippen molar-refractivity contribution >= 4 is 12.2 Å². The van der Waals surface area contributed by atoms with E-state index in [1.165, 1.54) is 0 Å². The highest BCUT2D eigenvalue weighted by Gasteiger charge is 2.67. The fraction of sp³-hybridized carbons (Fsp3) is 0.467. The highest BCUT2D eigenvalue weighted by molar-refractivity contribution is 7.71. The SMILES string of the molecule is CC1(C)C(c2n[nH]c(=S)n2-c2ccccc2)C1(C)C. The Bertz CT molecular complexity index is 650. The molecule has 1 aliphatic carbocycles. The molecule has 1 fully saturated rings. The molecule has 0 spiro atoms. The van der Waals surface area contributed by atoms with Crippen molar-refractivity contribution < 1.29 is 0 Å². The van der Waals surface area contributed by atoms with Gasteiger partial charge in [0.25, 0.3) is 0 Å². The molecule has 3 rings (SSSR count). The second-order valence-corrected chi connectivity index (χ2v) is 6.82. The van der Waals surface area contributed by atoms with Crippen molar-refractivity contribution in [3.63, 3.8) is 0 Å². The summed E-state index contributed by atoms with van der Waals surface area (Å²) in [6, 6.07) is 10.2. The molecule has 0 radical (unpaired) electrons. The molecule has 0 bridgehead atoms. The van der Waals surface area contributed by atoms with E-state index in [1.807, 2.05) is 18.2 Å². The molecule has 1 aromatic heterocycles. The molecule has 1 aromatic carbocycles. The van der Waals surface area contributed by atoms with Crippen LogP contribution in [0, 0.1) is 15.6 Å². The first kappa shape index (κ1) is 12.6. The molecule has 0 unspecified atom stereocenters. The van der Waals surface area contributed by atoms with Gasteiger partial charge in [0.2, 0.25) is 0 Å². The van der Waals surface area contributed by atoms with Crippen LogP contribution in [0.15, 0.2) is 30.3 Å². The number of rotatable bonds is 2. The molecule has 0 atom stereocenters. The lowest BCUT2D eigenvalue weighted by Gasteiger charge is -2.07. The maximum absolute atomic E-state index is 5.40. The van der Waals surface area contributed by atoms with Crippen LogP contribution in [-0.4, -0.2) is 14.8 Å². The maximum Gasteiger partial charge on any atom is 0.199 e. The molecule has 0 saturated heterocycles. The Morgan fingerprint density at radius 3 is 2.21 bits per heavy atom. The highest BCUT2D eigenvalue weighted by Crippen LogP contribution is 2.73. The van der Waals surface area contributed by atoms with E-state index in [4.69, 9.17) is 12.2 Å². The third-order valence-corrected chi connectivity index (χ3v) is 5.27. The Balaban J connectivity index is 2.15. The summed E-state index contributed by atoms with van der Waals surface area (Å²) in [5.41, 5.74) is 1.58. The Labute approximate surface area is 118 Å². The Morgan fingerprint density at radius 2 is 1.68 bits per heavy atom. The van der Waals surface area contributed by atoms with E-state index >= 15 is 0 Å². The molecule has 1 heterocycles. The van der Waals surface area contributed by atoms with Crippen LogP contribution in [0.3, 0.4) is 0 Å². The first-order valence-corrected chi connectivity index (χ1v) is 7.01. The zero-order valence-corrected chi connectivity index (χ0v) is 12.6. The molecule has 4 heteroatoms. The first-order valence-electron chi connectivity index (χ1n) is 6.60. The van der Waals surface area contributed by atoms with Gasteiger partial charge in [-0.1, -0.05) is 45.9 Å². The van der Waals surface area contributed by atoms with E-state index in [2.05, 4.69) is 54.6 Å². The first-order chi connectivity index (χ1) is 8.87. The molecule has 1 saturated carbocycles. The molecular formula is C15H19N3S. The largest absolute Gasteiger partial charge is 0.272 e. The van der Waals surface area contributed by atoms with Gasteiger partial charge in [0.15, 0.2) is 4.77 Å². The summed E-state index contributed by atoms with van der Waals surface area (Å²) < 4.78 is 2.73. The van der Waals surface area contributed by atoms with Crippen LogP contribution >= 0.6 is 12.2 Å². The van der Waals surface area contributed by atoms with Crippen molar-refractivity contribution in [2.45, 2.75) is 33.6 Å². The Morgan fingerprint density at radius 1 is 1.11 bits per heavy atom. The molecule has 0 aliphatic heterocycles. The van der Waals surface area contributed by atoms with Gasteiger partial charge >= 0.3 is 0 Å². The molecule has 1 aliphatic rings. The van der Waals surface area contributed by atoms with Gasteiger partial charge in [-0.05, 0) is 35.2 Å². The van der Waals surface area contributed by atoms with Crippen LogP contribution < -0.4 is 0 Å². The standard InChI is InChI=1S/C15H19N3S/c1-14(2)11(15(14,3)4)12-16-17-13(19)18(12)10-8-6-5-7-9-10/h5-9,11H,1-4H3,(H,17,19). The Kier molecular flexibility index (Phi) is 2.52. The van der Waals surface area contributed by atoms with Crippen LogP contribution in [0.1, 0.15) is 39.4 Å². The van der Waals surface area contributed by atoms with E-state index in [1.54, 1.807) is 0 Å². The van der Waals surface area contributed by atoms with E-state index in [0.717, 1.165) is 11.5 Å². The fourth-order valence-corrected chi connectivity index (χ4v) is 3.42. The van der Waals surface area contributed by atoms with Crippen molar-refractivity contribution in [1.29, 1.82) is 0 Å². The van der Waals surface area contributed by atoms with Gasteiger partial charge in [-0.15, -0.1) is 0 Å². The van der Waals surface area contributed by atoms with Gasteiger partial charge in [-0.2, -0.15) is 5.10 Å². The molecule has 100 valence electrons. The second-order valence-electron chi connectivity index (χ2n) is 6.43. The van der Waals surface area contributed by atoms with Crippen LogP contribution in [0.5, 0.6) is 0 Å². The monoisotopic (exact) mass is 273 g/mol. The lowest BCUT2D eigenvalue weighted by molar-refractivity contribution is 0.457. The topological polar surface area (TPSA) is 33.6 Å². The van der Waals surface area contributed by atoms with Crippen molar-refractivity contribution in [3.05, 3.63) is 40.9 Å². The van der Waals surface area contributed by atoms with Gasteiger partial charge in [0, 0.05) is 11.6 Å². The molecule has 2 aromatic rings. The highest BCUT2D eigenvalue weighted by atomic mass is 32.1. The maximum atomic E-state index is 5.40. The minimum atomic E-state index is 0.250. The summed E-state index contributed by atoms with van der Waals surface area (Å²) in [6.07, 6.45) is 0. The molecule has 3 nitrogen and oxygen atoms in total. The number of hydrogen-bond donors (Lipinski definition) is 1. The second kappa shape index (κ2) is 3.79. The van der Waals surface area contributed by atoms with Gasteiger partial charge in [-0.25, -0.2) is 0 Å². The fourth-order valence-electron chi connectivity index (χ4n) is 3.17. The normalized spacial score (nSPS) is 20.4. The van der Waals surface area contributed by atoms with Crippen molar-refractivity contribution in [3.8, 4) is 5.69 Å². The zero-order valence-electron chi connectivity index (χ0n) is 11.8. The number of benzene rings is 1. The third-order valence-electron chi connectivity index (χ3n) is 4.99. The average molecular weight is 273 g/mol. The summed E-state index contributed by atoms with van der Waals surface area (Å²) in [5.74, 6) is 1.47. The van der Waals surface area contributed by atoms with Gasteiger partial charge in [-0.3, -0.25) is 9.67 Å². The lowest BCUT2D eigenvalue weighted by atomic mass is 10.0. The van der Waals surface area contributed by atoms with Crippen LogP contribution in [0.25, 0.3) is 5.69 Å². The van der Waals surface area contributed by atoms with E-state index in [9.17, 15) is 0 Å². The minimum absolute atomic E-state index is 0.250. The van der Waals surface area contributed by atoms with Crippen molar-refractivity contribution in [1.82, 2.24) is 14.8 Å². The van der Waals surface area contributed by atoms with Crippen LogP contribution in [0.2, 0.25) is 0 Å². The van der Waals surface area contributed by atoms with Gasteiger partial charge in [0.1, 0.15) is 5.82 Å². The lowest BCUT2D eigenvalue weighted by Crippen LogP contribution is -2.03. The molecule has 19 heavy (non-hydrogen) atoms. The number of aromatic nitrogens is 3. The smallest absolute Gasteiger partial charge is 0.199 e. The summed E-state index contributed by atoms with van der Waals surface area (Å²) >= 11 is 5.40. The molecule has 1 N–H and O–H groups in total. The third kappa shape index (κ3) is 1.62. The summed E-state index contributed by atoms with van der Waals surface area (Å²) in [4.78, 5) is 0. The van der Waals surface area contributed by atoms with Gasteiger partial charge < -0.3 is 0 Å². The quantitative estimate of drug-likeness (QED) is 0.836. The van der Waals surface area contributed by atoms with E-state index in [-0.39, 0.29) is 10.8 Å². The van der Waals surface area contributed by atoms with Crippen LogP contribution in [0.4, 0.5) is 0 Å². The molecule has 0 amide bonds. The Hall–Kier alpha value is -1.42. The molecular weight excluding hydrogens is 254 g/mol. The number of aromatic amines is 1. The average Bonchev–Trinajstić information content (AvgIpc) is 2.64. The van der Waals surface area contributed by atoms with Crippen LogP contribution in [-0.2, 0) is 0 Å². The summed E-state index contributed by atoms with van der Waals surface area (Å²) in [6.45, 7) is 9.19. The van der Waals surface area contributed by atoms with Gasteiger partial charge in [0.05, 0.1) is 0 Å². The predicted octanol–water partition coefficient (Wildman–Crippen LogP) is 4.08. The number of para-hydroxylation sites is 1. The summed E-state index contributed by atoms with van der Waals surface area (Å²) in [5, 5.41) is 7.44. The number of H-pyrrole nitrogens is 1.